The molecule has 2 nitrogen and oxygen atoms in total. The third-order valence-corrected chi connectivity index (χ3v) is 5.24. The summed E-state index contributed by atoms with van der Waals surface area (Å²) in [5.41, 5.74) is 0. The molecule has 0 aromatic carbocycles. The molecule has 120 valence electrons. The number of rotatable bonds is 7. The van der Waals surface area contributed by atoms with Crippen molar-refractivity contribution in [2.45, 2.75) is 64.1 Å². The first-order valence-corrected chi connectivity index (χ1v) is 8.58. The summed E-state index contributed by atoms with van der Waals surface area (Å²) in [5.74, 6) is 0.755. The fourth-order valence-electron chi connectivity index (χ4n) is 2.94. The summed E-state index contributed by atoms with van der Waals surface area (Å²) < 4.78 is 38.0. The van der Waals surface area contributed by atoms with Crippen LogP contribution in [0.1, 0.15) is 67.8 Å². The Balaban J connectivity index is 1.98. The van der Waals surface area contributed by atoms with Crippen molar-refractivity contribution < 1.29 is 13.2 Å². The molecule has 1 aromatic rings. The highest BCUT2D eigenvalue weighted by atomic mass is 32.1. The second-order valence-electron chi connectivity index (χ2n) is 5.80. The number of thiazole rings is 1. The lowest BCUT2D eigenvalue weighted by Crippen LogP contribution is -2.22. The maximum atomic E-state index is 12.7. The van der Waals surface area contributed by atoms with E-state index >= 15 is 0 Å². The van der Waals surface area contributed by atoms with E-state index in [1.165, 1.54) is 31.9 Å². The zero-order chi connectivity index (χ0) is 15.3. The Hall–Kier alpha value is -0.620. The lowest BCUT2D eigenvalue weighted by atomic mass is 9.98. The third-order valence-electron chi connectivity index (χ3n) is 4.09. The second kappa shape index (κ2) is 7.58. The third kappa shape index (κ3) is 4.95. The van der Waals surface area contributed by atoms with Crippen molar-refractivity contribution in [2.75, 3.05) is 6.54 Å². The highest BCUT2D eigenvalue weighted by Gasteiger charge is 2.35. The molecule has 0 aliphatic heterocycles. The normalized spacial score (nSPS) is 18.3. The quantitative estimate of drug-likeness (QED) is 0.749. The Morgan fingerprint density at radius 2 is 2.10 bits per heavy atom. The van der Waals surface area contributed by atoms with Gasteiger partial charge in [-0.25, -0.2) is 4.98 Å². The standard InChI is InChI=1S/C15H23F3N2S/c1-2-9-19-12(8-7-11-5-3-4-6-11)13-10-20-14(21-13)15(16,17)18/h10-12,19H,2-9H2,1H3. The van der Waals surface area contributed by atoms with Crippen LogP contribution in [0, 0.1) is 5.92 Å². The monoisotopic (exact) mass is 320 g/mol. The molecule has 0 radical (unpaired) electrons. The maximum absolute atomic E-state index is 12.7. The zero-order valence-electron chi connectivity index (χ0n) is 12.4. The minimum atomic E-state index is -4.33. The number of nitrogens with one attached hydrogen (secondary N) is 1. The molecule has 0 spiro atoms. The fraction of sp³-hybridized carbons (Fsp3) is 0.800. The minimum Gasteiger partial charge on any atom is -0.309 e. The van der Waals surface area contributed by atoms with Crippen LogP contribution >= 0.6 is 11.3 Å². The van der Waals surface area contributed by atoms with E-state index in [1.807, 2.05) is 0 Å². The molecule has 1 heterocycles. The number of hydrogen-bond donors (Lipinski definition) is 1. The van der Waals surface area contributed by atoms with Gasteiger partial charge in [0.1, 0.15) is 0 Å². The fourth-order valence-corrected chi connectivity index (χ4v) is 3.84. The summed E-state index contributed by atoms with van der Waals surface area (Å²) in [7, 11) is 0. The molecule has 1 unspecified atom stereocenters. The topological polar surface area (TPSA) is 24.9 Å². The first-order chi connectivity index (χ1) is 10.0. The molecule has 0 amide bonds. The van der Waals surface area contributed by atoms with Gasteiger partial charge in [0.05, 0.1) is 0 Å². The van der Waals surface area contributed by atoms with Crippen LogP contribution < -0.4 is 5.32 Å². The molecule has 1 atom stereocenters. The van der Waals surface area contributed by atoms with E-state index in [2.05, 4.69) is 17.2 Å². The Kier molecular flexibility index (Phi) is 6.05. The summed E-state index contributed by atoms with van der Waals surface area (Å²) in [4.78, 5) is 4.27. The van der Waals surface area contributed by atoms with Crippen LogP contribution in [0.4, 0.5) is 13.2 Å². The van der Waals surface area contributed by atoms with Gasteiger partial charge in [-0.05, 0) is 31.7 Å². The van der Waals surface area contributed by atoms with Gasteiger partial charge >= 0.3 is 6.18 Å². The minimum absolute atomic E-state index is 0.0131. The largest absolute Gasteiger partial charge is 0.443 e. The first kappa shape index (κ1) is 16.7. The highest BCUT2D eigenvalue weighted by Crippen LogP contribution is 2.37. The van der Waals surface area contributed by atoms with Gasteiger partial charge in [-0.15, -0.1) is 11.3 Å². The summed E-state index contributed by atoms with van der Waals surface area (Å²) in [6.45, 7) is 2.89. The number of nitrogens with zero attached hydrogens (tertiary/aromatic N) is 1. The number of alkyl halides is 3. The van der Waals surface area contributed by atoms with E-state index in [0.717, 1.165) is 43.1 Å². The van der Waals surface area contributed by atoms with E-state index < -0.39 is 11.2 Å². The van der Waals surface area contributed by atoms with Gasteiger partial charge in [0, 0.05) is 17.1 Å². The van der Waals surface area contributed by atoms with Crippen LogP contribution in [0.25, 0.3) is 0 Å². The summed E-state index contributed by atoms with van der Waals surface area (Å²) in [6.07, 6.45) is 5.20. The summed E-state index contributed by atoms with van der Waals surface area (Å²) >= 11 is 0.782. The van der Waals surface area contributed by atoms with Gasteiger partial charge < -0.3 is 5.32 Å². The van der Waals surface area contributed by atoms with E-state index in [9.17, 15) is 13.2 Å². The number of hydrogen-bond acceptors (Lipinski definition) is 3. The van der Waals surface area contributed by atoms with Gasteiger partial charge in [0.25, 0.3) is 0 Å². The Morgan fingerprint density at radius 3 is 2.67 bits per heavy atom. The first-order valence-electron chi connectivity index (χ1n) is 7.77. The predicted molar refractivity (Wildman–Crippen MR) is 79.3 cm³/mol. The molecule has 1 fully saturated rings. The number of aromatic nitrogens is 1. The van der Waals surface area contributed by atoms with Gasteiger partial charge in [-0.1, -0.05) is 32.6 Å². The average Bonchev–Trinajstić information content (AvgIpc) is 3.09. The van der Waals surface area contributed by atoms with Crippen molar-refractivity contribution in [1.82, 2.24) is 10.3 Å². The van der Waals surface area contributed by atoms with Crippen molar-refractivity contribution in [3.63, 3.8) is 0 Å². The van der Waals surface area contributed by atoms with Gasteiger partial charge in [0.15, 0.2) is 5.01 Å². The van der Waals surface area contributed by atoms with Crippen molar-refractivity contribution >= 4 is 11.3 Å². The molecule has 1 aromatic heterocycles. The van der Waals surface area contributed by atoms with Crippen molar-refractivity contribution in [3.05, 3.63) is 16.1 Å². The molecular weight excluding hydrogens is 297 g/mol. The molecule has 2 rings (SSSR count). The van der Waals surface area contributed by atoms with Gasteiger partial charge in [-0.2, -0.15) is 13.2 Å². The molecular formula is C15H23F3N2S. The molecule has 6 heteroatoms. The summed E-state index contributed by atoms with van der Waals surface area (Å²) in [6, 6.07) is 0.0131. The molecule has 1 N–H and O–H groups in total. The van der Waals surface area contributed by atoms with E-state index in [1.54, 1.807) is 0 Å². The van der Waals surface area contributed by atoms with Crippen LogP contribution in [0.5, 0.6) is 0 Å². The highest BCUT2D eigenvalue weighted by molar-refractivity contribution is 7.11. The molecule has 0 bridgehead atoms. The van der Waals surface area contributed by atoms with Gasteiger partial charge in [0.2, 0.25) is 0 Å². The van der Waals surface area contributed by atoms with Crippen molar-refractivity contribution in [2.24, 2.45) is 5.92 Å². The summed E-state index contributed by atoms with van der Waals surface area (Å²) in [5, 5.41) is 2.64. The Bertz CT molecular complexity index is 425. The van der Waals surface area contributed by atoms with Gasteiger partial charge in [-0.3, -0.25) is 0 Å². The number of halogens is 3. The molecule has 1 aliphatic rings. The maximum Gasteiger partial charge on any atom is 0.443 e. The van der Waals surface area contributed by atoms with E-state index in [4.69, 9.17) is 0 Å². The SMILES string of the molecule is CCCNC(CCC1CCCC1)c1cnc(C(F)(F)F)s1. The molecule has 1 aliphatic carbocycles. The average molecular weight is 320 g/mol. The van der Waals surface area contributed by atoms with Crippen LogP contribution in [0.15, 0.2) is 6.20 Å². The molecule has 1 saturated carbocycles. The smallest absolute Gasteiger partial charge is 0.309 e. The molecule has 21 heavy (non-hydrogen) atoms. The van der Waals surface area contributed by atoms with Crippen molar-refractivity contribution in [1.29, 1.82) is 0 Å². The van der Waals surface area contributed by atoms with Crippen LogP contribution in [0.2, 0.25) is 0 Å². The van der Waals surface area contributed by atoms with Crippen molar-refractivity contribution in [3.8, 4) is 0 Å². The van der Waals surface area contributed by atoms with Crippen LogP contribution in [-0.2, 0) is 6.18 Å². The van der Waals surface area contributed by atoms with Crippen LogP contribution in [0.3, 0.4) is 0 Å². The Morgan fingerprint density at radius 1 is 1.38 bits per heavy atom. The predicted octanol–water partition coefficient (Wildman–Crippen LogP) is 5.17. The van der Waals surface area contributed by atoms with E-state index in [-0.39, 0.29) is 6.04 Å². The van der Waals surface area contributed by atoms with E-state index in [0.29, 0.717) is 4.88 Å². The zero-order valence-corrected chi connectivity index (χ0v) is 13.2. The lowest BCUT2D eigenvalue weighted by Gasteiger charge is -2.18. The lowest BCUT2D eigenvalue weighted by molar-refractivity contribution is -0.137. The second-order valence-corrected chi connectivity index (χ2v) is 6.86. The Labute approximate surface area is 128 Å². The molecule has 0 saturated heterocycles. The van der Waals surface area contributed by atoms with Crippen LogP contribution in [-0.4, -0.2) is 11.5 Å².